The maximum Gasteiger partial charge on any atom is 0.407 e. The van der Waals surface area contributed by atoms with E-state index in [2.05, 4.69) is 10.3 Å². The molecule has 1 aromatic rings. The Morgan fingerprint density at radius 1 is 1.50 bits per heavy atom. The molecular weight excluding hydrogens is 232 g/mol. The SMILES string of the molecule is O=C(N[C@H]1CCCC[C@@H]1O)OCc1cccnc1. The number of alkyl carbamates (subject to hydrolysis) is 1. The number of hydrogen-bond acceptors (Lipinski definition) is 4. The van der Waals surface area contributed by atoms with Crippen LogP contribution in [0.4, 0.5) is 4.79 Å². The van der Waals surface area contributed by atoms with Crippen LogP contribution in [0, 0.1) is 0 Å². The number of amides is 1. The molecule has 0 bridgehead atoms. The lowest BCUT2D eigenvalue weighted by Crippen LogP contribution is -2.45. The highest BCUT2D eigenvalue weighted by atomic mass is 16.5. The quantitative estimate of drug-likeness (QED) is 0.855. The van der Waals surface area contributed by atoms with E-state index in [4.69, 9.17) is 4.74 Å². The van der Waals surface area contributed by atoms with Crippen molar-refractivity contribution in [1.82, 2.24) is 10.3 Å². The Bertz CT molecular complexity index is 383. The maximum absolute atomic E-state index is 11.6. The zero-order valence-corrected chi connectivity index (χ0v) is 10.2. The van der Waals surface area contributed by atoms with Crippen LogP contribution >= 0.6 is 0 Å². The number of aliphatic hydroxyl groups is 1. The fourth-order valence-corrected chi connectivity index (χ4v) is 2.11. The molecule has 0 unspecified atom stereocenters. The number of nitrogens with one attached hydrogen (secondary N) is 1. The molecule has 1 aliphatic carbocycles. The van der Waals surface area contributed by atoms with Crippen molar-refractivity contribution in [3.63, 3.8) is 0 Å². The van der Waals surface area contributed by atoms with E-state index in [1.807, 2.05) is 6.07 Å². The van der Waals surface area contributed by atoms with Gasteiger partial charge in [0, 0.05) is 18.0 Å². The van der Waals surface area contributed by atoms with Crippen molar-refractivity contribution in [2.24, 2.45) is 0 Å². The van der Waals surface area contributed by atoms with Crippen molar-refractivity contribution < 1.29 is 14.6 Å². The Labute approximate surface area is 106 Å². The predicted molar refractivity (Wildman–Crippen MR) is 65.8 cm³/mol. The Kier molecular flexibility index (Phi) is 4.52. The van der Waals surface area contributed by atoms with Crippen LogP contribution in [-0.2, 0) is 11.3 Å². The molecule has 5 nitrogen and oxygen atoms in total. The van der Waals surface area contributed by atoms with Gasteiger partial charge in [-0.15, -0.1) is 0 Å². The first-order chi connectivity index (χ1) is 8.75. The highest BCUT2D eigenvalue weighted by Gasteiger charge is 2.24. The van der Waals surface area contributed by atoms with E-state index in [1.54, 1.807) is 18.5 Å². The number of aliphatic hydroxyl groups excluding tert-OH is 1. The van der Waals surface area contributed by atoms with Crippen LogP contribution in [-0.4, -0.2) is 28.3 Å². The molecule has 0 spiro atoms. The molecule has 2 atom stereocenters. The average Bonchev–Trinajstić information content (AvgIpc) is 2.40. The number of ether oxygens (including phenoxy) is 1. The number of hydrogen-bond donors (Lipinski definition) is 2. The van der Waals surface area contributed by atoms with Gasteiger partial charge in [-0.3, -0.25) is 4.98 Å². The first-order valence-electron chi connectivity index (χ1n) is 6.26. The summed E-state index contributed by atoms with van der Waals surface area (Å²) in [5.41, 5.74) is 0.844. The van der Waals surface area contributed by atoms with Crippen molar-refractivity contribution in [2.75, 3.05) is 0 Å². The number of carbonyl (C=O) groups excluding carboxylic acids is 1. The Balaban J connectivity index is 1.75. The fourth-order valence-electron chi connectivity index (χ4n) is 2.11. The standard InChI is InChI=1S/C13H18N2O3/c16-12-6-2-1-5-11(12)15-13(17)18-9-10-4-3-7-14-8-10/h3-4,7-8,11-12,16H,1-2,5-6,9H2,(H,15,17)/t11-,12-/m0/s1. The minimum atomic E-state index is -0.482. The van der Waals surface area contributed by atoms with Crippen LogP contribution < -0.4 is 5.32 Å². The van der Waals surface area contributed by atoms with Gasteiger partial charge in [0.1, 0.15) is 6.61 Å². The van der Waals surface area contributed by atoms with Gasteiger partial charge >= 0.3 is 6.09 Å². The monoisotopic (exact) mass is 250 g/mol. The first kappa shape index (κ1) is 12.8. The smallest absolute Gasteiger partial charge is 0.407 e. The summed E-state index contributed by atoms with van der Waals surface area (Å²) >= 11 is 0. The lowest BCUT2D eigenvalue weighted by Gasteiger charge is -2.27. The van der Waals surface area contributed by atoms with Crippen LogP contribution in [0.2, 0.25) is 0 Å². The molecule has 1 amide bonds. The van der Waals surface area contributed by atoms with Crippen molar-refractivity contribution in [3.05, 3.63) is 30.1 Å². The molecule has 2 N–H and O–H groups in total. The van der Waals surface area contributed by atoms with Crippen molar-refractivity contribution in [2.45, 2.75) is 44.4 Å². The molecule has 18 heavy (non-hydrogen) atoms. The van der Waals surface area contributed by atoms with E-state index in [-0.39, 0.29) is 12.6 Å². The van der Waals surface area contributed by atoms with Gasteiger partial charge in [0.05, 0.1) is 12.1 Å². The highest BCUT2D eigenvalue weighted by molar-refractivity contribution is 5.67. The van der Waals surface area contributed by atoms with Gasteiger partial charge in [-0.05, 0) is 18.9 Å². The second-order valence-corrected chi connectivity index (χ2v) is 4.54. The second kappa shape index (κ2) is 6.35. The van der Waals surface area contributed by atoms with E-state index >= 15 is 0 Å². The van der Waals surface area contributed by atoms with Gasteiger partial charge in [-0.2, -0.15) is 0 Å². The van der Waals surface area contributed by atoms with Crippen LogP contribution in [0.15, 0.2) is 24.5 Å². The highest BCUT2D eigenvalue weighted by Crippen LogP contribution is 2.18. The van der Waals surface area contributed by atoms with E-state index < -0.39 is 12.2 Å². The fraction of sp³-hybridized carbons (Fsp3) is 0.538. The van der Waals surface area contributed by atoms with Crippen molar-refractivity contribution in [3.8, 4) is 0 Å². The van der Waals surface area contributed by atoms with Crippen molar-refractivity contribution in [1.29, 1.82) is 0 Å². The maximum atomic E-state index is 11.6. The van der Waals surface area contributed by atoms with Gasteiger partial charge in [-0.1, -0.05) is 18.9 Å². The molecular formula is C13H18N2O3. The molecule has 1 fully saturated rings. The Hall–Kier alpha value is -1.62. The van der Waals surface area contributed by atoms with Crippen LogP contribution in [0.5, 0.6) is 0 Å². The van der Waals surface area contributed by atoms with E-state index in [0.717, 1.165) is 31.2 Å². The molecule has 0 aromatic carbocycles. The van der Waals surface area contributed by atoms with Gasteiger partial charge in [0.2, 0.25) is 0 Å². The third-order valence-corrected chi connectivity index (χ3v) is 3.13. The number of carbonyl (C=O) groups is 1. The van der Waals surface area contributed by atoms with Gasteiger partial charge in [0.25, 0.3) is 0 Å². The molecule has 1 aliphatic rings. The van der Waals surface area contributed by atoms with E-state index in [9.17, 15) is 9.90 Å². The summed E-state index contributed by atoms with van der Waals surface area (Å²) in [5, 5.41) is 12.4. The Morgan fingerprint density at radius 3 is 3.06 bits per heavy atom. The largest absolute Gasteiger partial charge is 0.445 e. The molecule has 1 aromatic heterocycles. The minimum absolute atomic E-state index is 0.180. The predicted octanol–water partition coefficient (Wildman–Crippen LogP) is 1.61. The molecule has 1 heterocycles. The van der Waals surface area contributed by atoms with Gasteiger partial charge in [-0.25, -0.2) is 4.79 Å². The molecule has 98 valence electrons. The van der Waals surface area contributed by atoms with Crippen LogP contribution in [0.25, 0.3) is 0 Å². The topological polar surface area (TPSA) is 71.5 Å². The van der Waals surface area contributed by atoms with Gasteiger partial charge < -0.3 is 15.2 Å². The average molecular weight is 250 g/mol. The third-order valence-electron chi connectivity index (χ3n) is 3.13. The summed E-state index contributed by atoms with van der Waals surface area (Å²) < 4.78 is 5.08. The van der Waals surface area contributed by atoms with E-state index in [1.165, 1.54) is 0 Å². The number of nitrogens with zero attached hydrogens (tertiary/aromatic N) is 1. The summed E-state index contributed by atoms with van der Waals surface area (Å²) in [6.07, 6.45) is 5.99. The molecule has 0 aliphatic heterocycles. The lowest BCUT2D eigenvalue weighted by atomic mass is 9.93. The number of aromatic nitrogens is 1. The number of pyridine rings is 1. The molecule has 5 heteroatoms. The molecule has 0 saturated heterocycles. The zero-order valence-electron chi connectivity index (χ0n) is 10.2. The molecule has 1 saturated carbocycles. The lowest BCUT2D eigenvalue weighted by molar-refractivity contribution is 0.0781. The normalized spacial score (nSPS) is 23.4. The number of rotatable bonds is 3. The Morgan fingerprint density at radius 2 is 2.33 bits per heavy atom. The van der Waals surface area contributed by atoms with Crippen LogP contribution in [0.1, 0.15) is 31.2 Å². The van der Waals surface area contributed by atoms with Crippen LogP contribution in [0.3, 0.4) is 0 Å². The summed E-state index contributed by atoms with van der Waals surface area (Å²) in [5.74, 6) is 0. The van der Waals surface area contributed by atoms with Gasteiger partial charge in [0.15, 0.2) is 0 Å². The van der Waals surface area contributed by atoms with E-state index in [0.29, 0.717) is 0 Å². The first-order valence-corrected chi connectivity index (χ1v) is 6.26. The zero-order chi connectivity index (χ0) is 12.8. The van der Waals surface area contributed by atoms with Crippen molar-refractivity contribution >= 4 is 6.09 Å². The second-order valence-electron chi connectivity index (χ2n) is 4.54. The summed E-state index contributed by atoms with van der Waals surface area (Å²) in [6, 6.07) is 3.46. The summed E-state index contributed by atoms with van der Waals surface area (Å²) in [6.45, 7) is 0.197. The molecule has 2 rings (SSSR count). The summed E-state index contributed by atoms with van der Waals surface area (Å²) in [4.78, 5) is 15.5. The summed E-state index contributed by atoms with van der Waals surface area (Å²) in [7, 11) is 0. The third kappa shape index (κ3) is 3.70. The molecule has 0 radical (unpaired) electrons. The minimum Gasteiger partial charge on any atom is -0.445 e.